The molecule has 134 valence electrons. The van der Waals surface area contributed by atoms with Gasteiger partial charge in [0, 0.05) is 12.8 Å². The lowest BCUT2D eigenvalue weighted by molar-refractivity contribution is -0.0582. The van der Waals surface area contributed by atoms with Gasteiger partial charge in [-0.05, 0) is 64.8 Å². The first-order valence-electron chi connectivity index (χ1n) is 8.41. The van der Waals surface area contributed by atoms with Crippen LogP contribution in [-0.4, -0.2) is 23.2 Å². The molecule has 1 saturated carbocycles. The molecule has 3 rings (SSSR count). The minimum atomic E-state index is -2.53. The molecule has 0 bridgehead atoms. The van der Waals surface area contributed by atoms with Crippen molar-refractivity contribution >= 4 is 5.69 Å². The summed E-state index contributed by atoms with van der Waals surface area (Å²) in [4.78, 5) is 11.7. The average molecular weight is 341 g/mol. The average Bonchev–Trinajstić information content (AvgIpc) is 2.70. The predicted molar refractivity (Wildman–Crippen MR) is 87.1 cm³/mol. The van der Waals surface area contributed by atoms with Gasteiger partial charge < -0.3 is 4.74 Å². The van der Waals surface area contributed by atoms with Crippen molar-refractivity contribution in [3.63, 3.8) is 0 Å². The summed E-state index contributed by atoms with van der Waals surface area (Å²) in [6.45, 7) is 7.90. The Hall–Kier alpha value is -1.40. The number of anilines is 1. The van der Waals surface area contributed by atoms with Crippen molar-refractivity contribution in [3.05, 3.63) is 24.3 Å². The molecule has 0 unspecified atom stereocenters. The van der Waals surface area contributed by atoms with Crippen LogP contribution < -0.4 is 9.96 Å². The van der Waals surface area contributed by atoms with Crippen LogP contribution >= 0.6 is 0 Å². The van der Waals surface area contributed by atoms with Gasteiger partial charge in [0.25, 0.3) is 0 Å². The first-order valence-corrected chi connectivity index (χ1v) is 8.41. The van der Waals surface area contributed by atoms with Crippen LogP contribution in [-0.2, 0) is 9.68 Å². The third-order valence-electron chi connectivity index (χ3n) is 5.09. The second-order valence-corrected chi connectivity index (χ2v) is 7.63. The lowest BCUT2D eigenvalue weighted by Gasteiger charge is -2.28. The minimum Gasteiger partial charge on any atom is -0.490 e. The molecule has 2 fully saturated rings. The lowest BCUT2D eigenvalue weighted by atomic mass is 9.90. The van der Waals surface area contributed by atoms with E-state index < -0.39 is 17.1 Å². The zero-order valence-corrected chi connectivity index (χ0v) is 14.6. The van der Waals surface area contributed by atoms with Crippen molar-refractivity contribution in [2.24, 2.45) is 0 Å². The van der Waals surface area contributed by atoms with E-state index in [0.717, 1.165) is 5.69 Å². The number of benzene rings is 1. The fraction of sp³-hybridized carbons (Fsp3) is 0.667. The summed E-state index contributed by atoms with van der Waals surface area (Å²) in [5.41, 5.74) is -0.137. The van der Waals surface area contributed by atoms with E-state index in [1.165, 1.54) is 5.23 Å². The van der Waals surface area contributed by atoms with Crippen LogP contribution in [0, 0.1) is 0 Å². The number of nitrogens with zero attached hydrogens (tertiary/aromatic N) is 1. The van der Waals surface area contributed by atoms with Gasteiger partial charge in [0.15, 0.2) is 0 Å². The number of ether oxygens (including phenoxy) is 1. The summed E-state index contributed by atoms with van der Waals surface area (Å²) < 4.78 is 32.2. The molecule has 1 aliphatic heterocycles. The number of rotatable bonds is 3. The molecule has 0 N–H and O–H groups in total. The fourth-order valence-corrected chi connectivity index (χ4v) is 2.73. The highest BCUT2D eigenvalue weighted by atomic mass is 19.3. The standard InChI is InChI=1S/C18H25F2NO3/c1-16(2)17(3,4)24-21(23-16)13-5-7-14(8-6-13)22-15-9-11-18(19,20)12-10-15/h5-8,15H,9-12H2,1-4H3. The maximum absolute atomic E-state index is 13.2. The van der Waals surface area contributed by atoms with Crippen molar-refractivity contribution in [2.45, 2.75) is 76.6 Å². The van der Waals surface area contributed by atoms with E-state index in [0.29, 0.717) is 18.6 Å². The molecule has 1 aromatic rings. The molecule has 6 heteroatoms. The molecule has 1 aliphatic carbocycles. The van der Waals surface area contributed by atoms with Crippen molar-refractivity contribution in [2.75, 3.05) is 5.23 Å². The molecule has 1 heterocycles. The highest BCUT2D eigenvalue weighted by Crippen LogP contribution is 2.40. The van der Waals surface area contributed by atoms with Crippen LogP contribution in [0.4, 0.5) is 14.5 Å². The highest BCUT2D eigenvalue weighted by molar-refractivity contribution is 5.46. The first kappa shape index (κ1) is 17.4. The fourth-order valence-electron chi connectivity index (χ4n) is 2.73. The van der Waals surface area contributed by atoms with E-state index >= 15 is 0 Å². The molecule has 24 heavy (non-hydrogen) atoms. The number of halogens is 2. The van der Waals surface area contributed by atoms with Crippen molar-refractivity contribution in [1.29, 1.82) is 0 Å². The molecule has 0 radical (unpaired) electrons. The van der Waals surface area contributed by atoms with Gasteiger partial charge in [-0.3, -0.25) is 0 Å². The van der Waals surface area contributed by atoms with Gasteiger partial charge >= 0.3 is 0 Å². The Balaban J connectivity index is 1.61. The second-order valence-electron chi connectivity index (χ2n) is 7.63. The Labute approximate surface area is 141 Å². The number of hydrogen-bond donors (Lipinski definition) is 0. The van der Waals surface area contributed by atoms with Crippen LogP contribution in [0.3, 0.4) is 0 Å². The number of alkyl halides is 2. The molecular formula is C18H25F2NO3. The Morgan fingerprint density at radius 2 is 1.46 bits per heavy atom. The Morgan fingerprint density at radius 1 is 0.958 bits per heavy atom. The molecule has 0 atom stereocenters. The van der Waals surface area contributed by atoms with Gasteiger partial charge in [-0.2, -0.15) is 0 Å². The molecule has 4 nitrogen and oxygen atoms in total. The van der Waals surface area contributed by atoms with Gasteiger partial charge in [-0.25, -0.2) is 18.5 Å². The minimum absolute atomic E-state index is 0.102. The number of hydrogen-bond acceptors (Lipinski definition) is 4. The maximum atomic E-state index is 13.2. The largest absolute Gasteiger partial charge is 0.490 e. The van der Waals surface area contributed by atoms with Crippen molar-refractivity contribution in [1.82, 2.24) is 0 Å². The van der Waals surface area contributed by atoms with Gasteiger partial charge in [0.05, 0.1) is 11.8 Å². The van der Waals surface area contributed by atoms with Crippen molar-refractivity contribution in [3.8, 4) is 5.75 Å². The molecule has 0 spiro atoms. The zero-order valence-electron chi connectivity index (χ0n) is 14.6. The molecule has 0 amide bonds. The van der Waals surface area contributed by atoms with Crippen LogP contribution in [0.5, 0.6) is 5.75 Å². The summed E-state index contributed by atoms with van der Waals surface area (Å²) in [6, 6.07) is 7.30. The topological polar surface area (TPSA) is 30.9 Å². The van der Waals surface area contributed by atoms with Crippen LogP contribution in [0.1, 0.15) is 53.4 Å². The first-order chi connectivity index (χ1) is 11.1. The Morgan fingerprint density at radius 3 is 1.96 bits per heavy atom. The van der Waals surface area contributed by atoms with E-state index in [9.17, 15) is 8.78 Å². The summed E-state index contributed by atoms with van der Waals surface area (Å²) in [5, 5.41) is 1.42. The molecule has 2 aliphatic rings. The monoisotopic (exact) mass is 341 g/mol. The van der Waals surface area contributed by atoms with Crippen molar-refractivity contribution < 1.29 is 23.2 Å². The summed E-state index contributed by atoms with van der Waals surface area (Å²) in [7, 11) is 0. The summed E-state index contributed by atoms with van der Waals surface area (Å²) >= 11 is 0. The Bertz CT molecular complexity index is 560. The Kier molecular flexibility index (Phi) is 4.24. The zero-order chi connectivity index (χ0) is 17.6. The van der Waals surface area contributed by atoms with Crippen LogP contribution in [0.2, 0.25) is 0 Å². The van der Waals surface area contributed by atoms with E-state index in [-0.39, 0.29) is 18.9 Å². The molecule has 1 saturated heterocycles. The van der Waals surface area contributed by atoms with Crippen LogP contribution in [0.15, 0.2) is 24.3 Å². The molecular weight excluding hydrogens is 316 g/mol. The second kappa shape index (κ2) is 5.85. The molecule has 1 aromatic carbocycles. The third-order valence-corrected chi connectivity index (χ3v) is 5.09. The smallest absolute Gasteiger partial charge is 0.248 e. The van der Waals surface area contributed by atoms with Gasteiger partial charge in [-0.15, -0.1) is 5.23 Å². The van der Waals surface area contributed by atoms with E-state index in [2.05, 4.69) is 0 Å². The van der Waals surface area contributed by atoms with Gasteiger partial charge in [0.1, 0.15) is 17.0 Å². The van der Waals surface area contributed by atoms with Gasteiger partial charge in [0.2, 0.25) is 5.92 Å². The normalized spacial score (nSPS) is 25.7. The predicted octanol–water partition coefficient (Wildman–Crippen LogP) is 4.88. The van der Waals surface area contributed by atoms with E-state index in [1.807, 2.05) is 52.0 Å². The molecule has 0 aromatic heterocycles. The van der Waals surface area contributed by atoms with Gasteiger partial charge in [-0.1, -0.05) is 0 Å². The van der Waals surface area contributed by atoms with E-state index in [4.69, 9.17) is 14.4 Å². The summed E-state index contributed by atoms with van der Waals surface area (Å²) in [6.07, 6.45) is 0.419. The van der Waals surface area contributed by atoms with E-state index in [1.54, 1.807) is 0 Å². The lowest BCUT2D eigenvalue weighted by Crippen LogP contribution is -2.41. The van der Waals surface area contributed by atoms with Crippen LogP contribution in [0.25, 0.3) is 0 Å². The maximum Gasteiger partial charge on any atom is 0.248 e. The third kappa shape index (κ3) is 3.49. The summed E-state index contributed by atoms with van der Waals surface area (Å²) in [5.74, 6) is -1.86. The quantitative estimate of drug-likeness (QED) is 0.784. The highest BCUT2D eigenvalue weighted by Gasteiger charge is 2.50. The SMILES string of the molecule is CC1(C)ON(c2ccc(OC3CCC(F)(F)CC3)cc2)OC1(C)C.